The van der Waals surface area contributed by atoms with E-state index in [0.29, 0.717) is 18.4 Å². The molecule has 2 aliphatic rings. The van der Waals surface area contributed by atoms with Gasteiger partial charge in [0.05, 0.1) is 18.2 Å². The third-order valence-electron chi connectivity index (χ3n) is 5.78. The number of hydrogen-bond acceptors (Lipinski definition) is 4. The first kappa shape index (κ1) is 15.6. The normalized spacial score (nSPS) is 25.5. The summed E-state index contributed by atoms with van der Waals surface area (Å²) in [4.78, 5) is 16.6. The molecule has 24 heavy (non-hydrogen) atoms. The summed E-state index contributed by atoms with van der Waals surface area (Å²) in [5.41, 5.74) is 4.18. The number of aromatic nitrogens is 3. The molecular formula is C19H25N3O2. The van der Waals surface area contributed by atoms with Crippen molar-refractivity contribution in [1.29, 1.82) is 0 Å². The Morgan fingerprint density at radius 1 is 1.29 bits per heavy atom. The molecule has 0 saturated heterocycles. The molecule has 128 valence electrons. The van der Waals surface area contributed by atoms with Gasteiger partial charge < -0.3 is 4.74 Å². The smallest absolute Gasteiger partial charge is 0.309 e. The zero-order chi connectivity index (χ0) is 16.7. The van der Waals surface area contributed by atoms with Gasteiger partial charge in [-0.1, -0.05) is 12.8 Å². The number of aryl methyl sites for hydroxylation is 3. The van der Waals surface area contributed by atoms with Crippen LogP contribution in [0.15, 0.2) is 12.4 Å². The minimum Gasteiger partial charge on any atom is -0.465 e. The third kappa shape index (κ3) is 2.80. The number of hydrogen-bond donors (Lipinski definition) is 0. The molecule has 2 aromatic heterocycles. The summed E-state index contributed by atoms with van der Waals surface area (Å²) in [6.45, 7) is 4.54. The Labute approximate surface area is 142 Å². The van der Waals surface area contributed by atoms with Gasteiger partial charge in [0, 0.05) is 18.0 Å². The second kappa shape index (κ2) is 6.19. The molecule has 0 aliphatic heterocycles. The quantitative estimate of drug-likeness (QED) is 0.625. The van der Waals surface area contributed by atoms with Crippen molar-refractivity contribution >= 4 is 11.6 Å². The molecule has 2 aromatic rings. The Kier molecular flexibility index (Phi) is 4.02. The Hall–Kier alpha value is -1.91. The van der Waals surface area contributed by atoms with E-state index in [9.17, 15) is 4.79 Å². The lowest BCUT2D eigenvalue weighted by Crippen LogP contribution is -2.10. The highest BCUT2D eigenvalue weighted by Crippen LogP contribution is 2.55. The number of ether oxygens (including phenoxy) is 1. The van der Waals surface area contributed by atoms with Gasteiger partial charge in [0.15, 0.2) is 5.65 Å². The van der Waals surface area contributed by atoms with Gasteiger partial charge in [0.1, 0.15) is 0 Å². The average Bonchev–Trinajstić information content (AvgIpc) is 3.25. The fourth-order valence-electron chi connectivity index (χ4n) is 4.21. The van der Waals surface area contributed by atoms with E-state index in [1.807, 2.05) is 30.8 Å². The highest BCUT2D eigenvalue weighted by molar-refractivity contribution is 5.76. The van der Waals surface area contributed by atoms with Crippen LogP contribution in [0.25, 0.3) is 5.65 Å². The molecule has 2 fully saturated rings. The first-order valence-electron chi connectivity index (χ1n) is 9.12. The van der Waals surface area contributed by atoms with Crippen molar-refractivity contribution in [2.75, 3.05) is 6.61 Å². The molecular weight excluding hydrogens is 302 g/mol. The predicted octanol–water partition coefficient (Wildman–Crippen LogP) is 3.26. The molecule has 2 heterocycles. The Morgan fingerprint density at radius 3 is 2.79 bits per heavy atom. The third-order valence-corrected chi connectivity index (χ3v) is 5.78. The zero-order valence-electron chi connectivity index (χ0n) is 14.5. The van der Waals surface area contributed by atoms with Crippen molar-refractivity contribution in [1.82, 2.24) is 14.6 Å². The van der Waals surface area contributed by atoms with Crippen LogP contribution in [-0.4, -0.2) is 27.2 Å². The van der Waals surface area contributed by atoms with Crippen LogP contribution in [0.3, 0.4) is 0 Å². The van der Waals surface area contributed by atoms with Gasteiger partial charge >= 0.3 is 5.97 Å². The number of carbonyl (C=O) groups is 1. The highest BCUT2D eigenvalue weighted by atomic mass is 16.5. The Morgan fingerprint density at radius 2 is 2.04 bits per heavy atom. The fraction of sp³-hybridized carbons (Fsp3) is 0.632. The van der Waals surface area contributed by atoms with Crippen LogP contribution in [0.5, 0.6) is 0 Å². The van der Waals surface area contributed by atoms with E-state index in [1.165, 1.54) is 25.7 Å². The van der Waals surface area contributed by atoms with E-state index in [0.717, 1.165) is 35.3 Å². The largest absolute Gasteiger partial charge is 0.465 e. The van der Waals surface area contributed by atoms with Gasteiger partial charge in [0.2, 0.25) is 0 Å². The monoisotopic (exact) mass is 327 g/mol. The number of fused-ring (bicyclic) bond motifs is 2. The lowest BCUT2D eigenvalue weighted by Gasteiger charge is -2.05. The topological polar surface area (TPSA) is 56.5 Å². The minimum absolute atomic E-state index is 0.0406. The minimum atomic E-state index is 0.0406. The standard InChI is InChI=1S/C19H25N3O2/c1-12-13(2)21-22-11-14(10-20-18(12)22)6-5-9-24-19(23)17-15-7-3-4-8-16(15)17/h10-11,15-17H,3-9H2,1-2H3/t15-,16+,17?. The number of nitrogens with zero attached hydrogens (tertiary/aromatic N) is 3. The van der Waals surface area contributed by atoms with Gasteiger partial charge in [-0.05, 0) is 56.9 Å². The van der Waals surface area contributed by atoms with Crippen LogP contribution in [-0.2, 0) is 16.0 Å². The highest BCUT2D eigenvalue weighted by Gasteiger charge is 2.55. The van der Waals surface area contributed by atoms with E-state index in [-0.39, 0.29) is 11.9 Å². The second-order valence-electron chi connectivity index (χ2n) is 7.35. The summed E-state index contributed by atoms with van der Waals surface area (Å²) in [5, 5.41) is 4.47. The molecule has 2 aliphatic carbocycles. The maximum atomic E-state index is 12.1. The molecule has 0 bridgehead atoms. The van der Waals surface area contributed by atoms with Crippen molar-refractivity contribution in [2.24, 2.45) is 17.8 Å². The molecule has 3 atom stereocenters. The molecule has 5 nitrogen and oxygen atoms in total. The van der Waals surface area contributed by atoms with Gasteiger partial charge in [0.25, 0.3) is 0 Å². The molecule has 2 saturated carbocycles. The van der Waals surface area contributed by atoms with Crippen LogP contribution in [0.4, 0.5) is 0 Å². The predicted molar refractivity (Wildman–Crippen MR) is 90.7 cm³/mol. The summed E-state index contributed by atoms with van der Waals surface area (Å²) < 4.78 is 7.36. The van der Waals surface area contributed by atoms with Crippen LogP contribution in [0.1, 0.15) is 48.9 Å². The first-order chi connectivity index (χ1) is 11.6. The van der Waals surface area contributed by atoms with Gasteiger partial charge in [-0.15, -0.1) is 0 Å². The average molecular weight is 327 g/mol. The van der Waals surface area contributed by atoms with Crippen LogP contribution in [0, 0.1) is 31.6 Å². The zero-order valence-corrected chi connectivity index (χ0v) is 14.5. The Bertz CT molecular complexity index is 755. The fourth-order valence-corrected chi connectivity index (χ4v) is 4.21. The van der Waals surface area contributed by atoms with Crippen LogP contribution in [0.2, 0.25) is 0 Å². The molecule has 0 spiro atoms. The molecule has 0 radical (unpaired) electrons. The van der Waals surface area contributed by atoms with Crippen molar-refractivity contribution in [3.05, 3.63) is 29.2 Å². The summed E-state index contributed by atoms with van der Waals surface area (Å²) >= 11 is 0. The molecule has 4 rings (SSSR count). The van der Waals surface area contributed by atoms with E-state index in [4.69, 9.17) is 4.74 Å². The van der Waals surface area contributed by atoms with E-state index in [1.54, 1.807) is 0 Å². The van der Waals surface area contributed by atoms with Gasteiger partial charge in [-0.25, -0.2) is 9.50 Å². The van der Waals surface area contributed by atoms with Gasteiger partial charge in [-0.2, -0.15) is 5.10 Å². The summed E-state index contributed by atoms with van der Waals surface area (Å²) in [6, 6.07) is 0. The molecule has 0 amide bonds. The van der Waals surface area contributed by atoms with E-state index >= 15 is 0 Å². The van der Waals surface area contributed by atoms with Crippen molar-refractivity contribution in [3.8, 4) is 0 Å². The lowest BCUT2D eigenvalue weighted by molar-refractivity contribution is -0.146. The molecule has 5 heteroatoms. The number of rotatable bonds is 5. The maximum Gasteiger partial charge on any atom is 0.309 e. The SMILES string of the molecule is Cc1nn2cc(CCCOC(=O)C3[C@H]4CCCC[C@@H]34)cnc2c1C. The van der Waals surface area contributed by atoms with Gasteiger partial charge in [-0.3, -0.25) is 4.79 Å². The van der Waals surface area contributed by atoms with E-state index in [2.05, 4.69) is 10.1 Å². The van der Waals surface area contributed by atoms with Crippen molar-refractivity contribution in [2.45, 2.75) is 52.4 Å². The second-order valence-corrected chi connectivity index (χ2v) is 7.35. The van der Waals surface area contributed by atoms with Crippen molar-refractivity contribution < 1.29 is 9.53 Å². The number of carbonyl (C=O) groups excluding carboxylic acids is 1. The lowest BCUT2D eigenvalue weighted by atomic mass is 10.0. The maximum absolute atomic E-state index is 12.1. The van der Waals surface area contributed by atoms with Crippen LogP contribution >= 0.6 is 0 Å². The molecule has 0 N–H and O–H groups in total. The van der Waals surface area contributed by atoms with Crippen molar-refractivity contribution in [3.63, 3.8) is 0 Å². The molecule has 0 aromatic carbocycles. The van der Waals surface area contributed by atoms with E-state index < -0.39 is 0 Å². The summed E-state index contributed by atoms with van der Waals surface area (Å²) in [5.74, 6) is 1.51. The summed E-state index contributed by atoms with van der Waals surface area (Å²) in [7, 11) is 0. The summed E-state index contributed by atoms with van der Waals surface area (Å²) in [6.07, 6.45) is 10.6. The van der Waals surface area contributed by atoms with Crippen LogP contribution < -0.4 is 0 Å². The Balaban J connectivity index is 1.26. The number of esters is 1. The molecule has 1 unspecified atom stereocenters. The first-order valence-corrected chi connectivity index (χ1v) is 9.12.